The molecule has 2 heterocycles. The fourth-order valence-electron chi connectivity index (χ4n) is 4.86. The zero-order valence-corrected chi connectivity index (χ0v) is 25.5. The maximum absolute atomic E-state index is 14.5. The average molecular weight is 661 g/mol. The topological polar surface area (TPSA) is 111 Å². The van der Waals surface area contributed by atoms with E-state index in [2.05, 4.69) is 10.3 Å². The molecular formula is C29H30F6N4O5S. The number of ether oxygens (including phenoxy) is 1. The first-order valence-electron chi connectivity index (χ1n) is 13.6. The van der Waals surface area contributed by atoms with E-state index >= 15 is 0 Å². The Morgan fingerprint density at radius 1 is 1.00 bits per heavy atom. The number of fused-ring (bicyclic) bond motifs is 1. The highest BCUT2D eigenvalue weighted by Gasteiger charge is 2.41. The number of aromatic nitrogens is 2. The smallest absolute Gasteiger partial charge is 0.444 e. The second-order valence-corrected chi connectivity index (χ2v) is 13.6. The molecule has 0 saturated carbocycles. The lowest BCUT2D eigenvalue weighted by Crippen LogP contribution is -2.45. The Labute approximate surface area is 255 Å². The number of benzene rings is 2. The van der Waals surface area contributed by atoms with Gasteiger partial charge in [0.25, 0.3) is 0 Å². The van der Waals surface area contributed by atoms with Crippen molar-refractivity contribution in [3.8, 4) is 11.3 Å². The van der Waals surface area contributed by atoms with Gasteiger partial charge in [-0.3, -0.25) is 4.79 Å². The summed E-state index contributed by atoms with van der Waals surface area (Å²) in [7, 11) is -3.58. The molecule has 244 valence electrons. The summed E-state index contributed by atoms with van der Waals surface area (Å²) in [6.45, 7) is 3.97. The quantitative estimate of drug-likeness (QED) is 0.274. The van der Waals surface area contributed by atoms with Gasteiger partial charge < -0.3 is 19.5 Å². The van der Waals surface area contributed by atoms with E-state index in [1.807, 2.05) is 0 Å². The molecule has 2 amide bonds. The molecule has 1 aliphatic heterocycles. The van der Waals surface area contributed by atoms with Gasteiger partial charge in [0.1, 0.15) is 11.4 Å². The van der Waals surface area contributed by atoms with Crippen LogP contribution in [0.4, 0.5) is 31.1 Å². The van der Waals surface area contributed by atoms with E-state index in [0.717, 1.165) is 10.8 Å². The summed E-state index contributed by atoms with van der Waals surface area (Å²) < 4.78 is 113. The van der Waals surface area contributed by atoms with Gasteiger partial charge in [0.15, 0.2) is 21.5 Å². The number of imidazole rings is 1. The minimum Gasteiger partial charge on any atom is -0.444 e. The highest BCUT2D eigenvalue weighted by Crippen LogP contribution is 2.36. The van der Waals surface area contributed by atoms with Crippen LogP contribution in [-0.4, -0.2) is 59.3 Å². The van der Waals surface area contributed by atoms with Crippen LogP contribution in [0.15, 0.2) is 41.3 Å². The fourth-order valence-corrected chi connectivity index (χ4v) is 5.49. The van der Waals surface area contributed by atoms with Crippen molar-refractivity contribution < 1.29 is 49.1 Å². The predicted molar refractivity (Wildman–Crippen MR) is 149 cm³/mol. The number of amides is 2. The molecule has 0 saturated heterocycles. The highest BCUT2D eigenvalue weighted by atomic mass is 32.2. The number of nitrogens with one attached hydrogen (secondary N) is 1. The maximum Gasteiger partial charge on any atom is 0.449 e. The molecule has 2 aromatic carbocycles. The lowest BCUT2D eigenvalue weighted by atomic mass is 10.0. The molecule has 0 radical (unpaired) electrons. The normalized spacial score (nSPS) is 14.6. The third kappa shape index (κ3) is 8.15. The molecule has 0 unspecified atom stereocenters. The Morgan fingerprint density at radius 2 is 1.62 bits per heavy atom. The number of hydrogen-bond donors (Lipinski definition) is 1. The van der Waals surface area contributed by atoms with E-state index in [0.29, 0.717) is 12.1 Å². The number of alkyl halides is 3. The SMILES string of the molecule is CC(C)(C)OC(=O)N[C@@H](CC(=O)N1CCn2c(C(F)(F)F)nc(-c3ccc(S(C)(=O)=O)cc3)c2C1)Cc1cc(F)c(F)cc1F. The van der Waals surface area contributed by atoms with Crippen molar-refractivity contribution in [3.63, 3.8) is 0 Å². The second-order valence-electron chi connectivity index (χ2n) is 11.6. The van der Waals surface area contributed by atoms with E-state index in [9.17, 15) is 44.3 Å². The molecule has 9 nitrogen and oxygen atoms in total. The van der Waals surface area contributed by atoms with Gasteiger partial charge in [-0.2, -0.15) is 13.2 Å². The Bertz CT molecular complexity index is 1720. The van der Waals surface area contributed by atoms with E-state index < -0.39 is 75.8 Å². The number of hydrogen-bond acceptors (Lipinski definition) is 6. The van der Waals surface area contributed by atoms with Crippen LogP contribution < -0.4 is 5.32 Å². The molecule has 1 aromatic heterocycles. The minimum atomic E-state index is -4.83. The Morgan fingerprint density at radius 3 is 2.20 bits per heavy atom. The van der Waals surface area contributed by atoms with Gasteiger partial charge in [0.05, 0.1) is 22.8 Å². The summed E-state index contributed by atoms with van der Waals surface area (Å²) in [5.74, 6) is -5.70. The number of carbonyl (C=O) groups excluding carboxylic acids is 2. The molecule has 1 aliphatic rings. The molecule has 0 fully saturated rings. The summed E-state index contributed by atoms with van der Waals surface area (Å²) >= 11 is 0. The van der Waals surface area contributed by atoms with E-state index in [1.54, 1.807) is 20.8 Å². The fraction of sp³-hybridized carbons (Fsp3) is 0.414. The van der Waals surface area contributed by atoms with Crippen LogP contribution in [0.1, 0.15) is 44.3 Å². The van der Waals surface area contributed by atoms with Crippen LogP contribution in [0, 0.1) is 17.5 Å². The van der Waals surface area contributed by atoms with Gasteiger partial charge in [-0.15, -0.1) is 0 Å². The Hall–Kier alpha value is -4.08. The number of alkyl carbamates (subject to hydrolysis) is 1. The zero-order chi connectivity index (χ0) is 33.5. The largest absolute Gasteiger partial charge is 0.449 e. The van der Waals surface area contributed by atoms with Crippen molar-refractivity contribution in [1.82, 2.24) is 19.8 Å². The molecule has 4 rings (SSSR count). The summed E-state index contributed by atoms with van der Waals surface area (Å²) in [5.41, 5.74) is -1.14. The average Bonchev–Trinajstić information content (AvgIpc) is 3.30. The van der Waals surface area contributed by atoms with Crippen molar-refractivity contribution >= 4 is 21.8 Å². The molecule has 0 spiro atoms. The monoisotopic (exact) mass is 660 g/mol. The van der Waals surface area contributed by atoms with Crippen LogP contribution >= 0.6 is 0 Å². The molecule has 3 aromatic rings. The molecule has 1 N–H and O–H groups in total. The lowest BCUT2D eigenvalue weighted by molar-refractivity contribution is -0.148. The van der Waals surface area contributed by atoms with Gasteiger partial charge in [-0.1, -0.05) is 12.1 Å². The standard InChI is InChI=1S/C29H30F6N4O5S/c1-28(2,3)44-27(41)36-18(11-17-12-21(31)22(32)14-20(17)30)13-24(40)38-9-10-39-23(15-38)25(37-26(39)29(33,34)35)16-5-7-19(8-6-16)45(4,42)43/h5-8,12,14,18H,9-11,13,15H2,1-4H3,(H,36,41)/t18-/m1/s1. The van der Waals surface area contributed by atoms with Gasteiger partial charge in [-0.25, -0.2) is 31.4 Å². The summed E-state index contributed by atoms with van der Waals surface area (Å²) in [6.07, 6.45) is -5.73. The second kappa shape index (κ2) is 12.4. The van der Waals surface area contributed by atoms with Crippen molar-refractivity contribution in [2.75, 3.05) is 12.8 Å². The first-order chi connectivity index (χ1) is 20.7. The molecule has 0 aliphatic carbocycles. The van der Waals surface area contributed by atoms with Gasteiger partial charge in [0.2, 0.25) is 11.7 Å². The molecule has 45 heavy (non-hydrogen) atoms. The Balaban J connectivity index is 1.63. The van der Waals surface area contributed by atoms with E-state index in [1.165, 1.54) is 29.2 Å². The lowest BCUT2D eigenvalue weighted by Gasteiger charge is -2.31. The van der Waals surface area contributed by atoms with Crippen LogP contribution in [0.3, 0.4) is 0 Å². The number of rotatable bonds is 7. The number of sulfone groups is 1. The van der Waals surface area contributed by atoms with Crippen molar-refractivity contribution in [2.24, 2.45) is 0 Å². The molecule has 0 bridgehead atoms. The van der Waals surface area contributed by atoms with Crippen molar-refractivity contribution in [3.05, 3.63) is 70.9 Å². The summed E-state index contributed by atoms with van der Waals surface area (Å²) in [5, 5.41) is 2.44. The van der Waals surface area contributed by atoms with Gasteiger partial charge >= 0.3 is 12.3 Å². The van der Waals surface area contributed by atoms with Crippen molar-refractivity contribution in [1.29, 1.82) is 0 Å². The maximum atomic E-state index is 14.5. The first kappa shape index (κ1) is 33.8. The van der Waals surface area contributed by atoms with Gasteiger partial charge in [0, 0.05) is 43.4 Å². The molecular weight excluding hydrogens is 630 g/mol. The third-order valence-electron chi connectivity index (χ3n) is 6.87. The van der Waals surface area contributed by atoms with Gasteiger partial charge in [-0.05, 0) is 51.0 Å². The first-order valence-corrected chi connectivity index (χ1v) is 15.5. The van der Waals surface area contributed by atoms with Crippen molar-refractivity contribution in [2.45, 2.75) is 69.4 Å². The van der Waals surface area contributed by atoms with Crippen LogP contribution in [0.5, 0.6) is 0 Å². The van der Waals surface area contributed by atoms with Crippen LogP contribution in [-0.2, 0) is 45.1 Å². The number of nitrogens with zero attached hydrogens (tertiary/aromatic N) is 3. The number of halogens is 6. The number of carbonyl (C=O) groups is 2. The predicted octanol–water partition coefficient (Wildman–Crippen LogP) is 5.26. The summed E-state index contributed by atoms with van der Waals surface area (Å²) in [6, 6.07) is 4.88. The van der Waals surface area contributed by atoms with E-state index in [4.69, 9.17) is 4.74 Å². The van der Waals surface area contributed by atoms with Crippen LogP contribution in [0.25, 0.3) is 11.3 Å². The minimum absolute atomic E-state index is 0.0392. The molecule has 16 heteroatoms. The van der Waals surface area contributed by atoms with Crippen LogP contribution in [0.2, 0.25) is 0 Å². The Kier molecular flexibility index (Phi) is 9.29. The zero-order valence-electron chi connectivity index (χ0n) is 24.6. The third-order valence-corrected chi connectivity index (χ3v) is 7.99. The summed E-state index contributed by atoms with van der Waals surface area (Å²) in [4.78, 5) is 31.0. The van der Waals surface area contributed by atoms with E-state index in [-0.39, 0.29) is 47.0 Å². The molecule has 1 atom stereocenters. The highest BCUT2D eigenvalue weighted by molar-refractivity contribution is 7.90.